The third kappa shape index (κ3) is 9.63. The van der Waals surface area contributed by atoms with Gasteiger partial charge in [-0.25, -0.2) is 4.79 Å². The lowest BCUT2D eigenvalue weighted by Gasteiger charge is -2.30. The van der Waals surface area contributed by atoms with Crippen LogP contribution in [-0.4, -0.2) is 81.0 Å². The minimum Gasteiger partial charge on any atom is -0.494 e. The highest BCUT2D eigenvalue weighted by Gasteiger charge is 2.33. The molecule has 238 valence electrons. The molecule has 43 heavy (non-hydrogen) atoms. The maximum absolute atomic E-state index is 13.7. The summed E-state index contributed by atoms with van der Waals surface area (Å²) in [6.45, 7) is 9.14. The second-order valence-corrected chi connectivity index (χ2v) is 10.6. The molecule has 0 saturated carbocycles. The number of ketones is 1. The molecular weight excluding hydrogens is 558 g/mol. The van der Waals surface area contributed by atoms with Gasteiger partial charge in [-0.1, -0.05) is 43.3 Å². The van der Waals surface area contributed by atoms with Gasteiger partial charge in [0.1, 0.15) is 18.4 Å². The van der Waals surface area contributed by atoms with Gasteiger partial charge < -0.3 is 39.9 Å². The number of oxime groups is 1. The van der Waals surface area contributed by atoms with Crippen molar-refractivity contribution in [2.75, 3.05) is 27.9 Å². The van der Waals surface area contributed by atoms with Gasteiger partial charge in [-0.15, -0.1) is 0 Å². The summed E-state index contributed by atoms with van der Waals surface area (Å²) in [5, 5.41) is 18.1. The zero-order valence-corrected chi connectivity index (χ0v) is 26.2. The van der Waals surface area contributed by atoms with Gasteiger partial charge in [-0.05, 0) is 51.2 Å². The Morgan fingerprint density at radius 1 is 1.16 bits per heavy atom. The first kappa shape index (κ1) is 35.5. The van der Waals surface area contributed by atoms with Crippen LogP contribution in [0.3, 0.4) is 0 Å². The molecule has 0 aromatic heterocycles. The van der Waals surface area contributed by atoms with Crippen LogP contribution in [0.5, 0.6) is 0 Å². The first-order valence-corrected chi connectivity index (χ1v) is 14.2. The molecule has 2 rings (SSSR count). The average molecular weight is 604 g/mol. The number of nitrogens with zero attached hydrogens (tertiary/aromatic N) is 1. The molecule has 0 aromatic carbocycles. The van der Waals surface area contributed by atoms with Crippen LogP contribution in [0.15, 0.2) is 63.7 Å². The van der Waals surface area contributed by atoms with Crippen LogP contribution in [0, 0.1) is 11.8 Å². The van der Waals surface area contributed by atoms with E-state index in [2.05, 4.69) is 10.5 Å². The fourth-order valence-electron chi connectivity index (χ4n) is 5.00. The van der Waals surface area contributed by atoms with Crippen molar-refractivity contribution in [2.45, 2.75) is 71.9 Å². The van der Waals surface area contributed by atoms with Crippen LogP contribution < -0.4 is 11.1 Å². The number of nitrogens with one attached hydrogen (secondary N) is 1. The molecule has 2 bridgehead atoms. The number of hydrogen-bond acceptors (Lipinski definition) is 10. The number of Topliss-reactive ketones (excluding diaryl/α,β-unsaturated/α-hetero) is 1. The molecule has 2 aliphatic rings. The molecule has 12 nitrogen and oxygen atoms in total. The highest BCUT2D eigenvalue weighted by atomic mass is 16.6. The summed E-state index contributed by atoms with van der Waals surface area (Å²) in [5.41, 5.74) is 6.83. The highest BCUT2D eigenvalue weighted by Crippen LogP contribution is 2.30. The first-order valence-electron chi connectivity index (χ1n) is 14.2. The largest absolute Gasteiger partial charge is 0.494 e. The Balaban J connectivity index is 2.67. The monoisotopic (exact) mass is 603 g/mol. The van der Waals surface area contributed by atoms with E-state index in [0.29, 0.717) is 17.6 Å². The van der Waals surface area contributed by atoms with E-state index in [0.717, 1.165) is 0 Å². The van der Waals surface area contributed by atoms with E-state index in [1.807, 2.05) is 13.8 Å². The van der Waals surface area contributed by atoms with E-state index in [-0.39, 0.29) is 41.7 Å². The normalized spacial score (nSPS) is 32.1. The number of amides is 2. The Bertz CT molecular complexity index is 1210. The molecule has 6 atom stereocenters. The zero-order chi connectivity index (χ0) is 32.3. The number of carbonyl (C=O) groups excluding carboxylic acids is 3. The number of allylic oxidation sites excluding steroid dienone is 4. The van der Waals surface area contributed by atoms with Crippen molar-refractivity contribution in [3.8, 4) is 0 Å². The molecule has 0 spiro atoms. The summed E-state index contributed by atoms with van der Waals surface area (Å²) in [5.74, 6) is -1.27. The maximum Gasteiger partial charge on any atom is 0.405 e. The molecule has 12 heteroatoms. The van der Waals surface area contributed by atoms with Gasteiger partial charge >= 0.3 is 6.09 Å². The second kappa shape index (κ2) is 16.8. The molecule has 0 fully saturated rings. The summed E-state index contributed by atoms with van der Waals surface area (Å²) in [4.78, 5) is 43.8. The van der Waals surface area contributed by atoms with E-state index in [4.69, 9.17) is 29.5 Å². The third-order valence-electron chi connectivity index (χ3n) is 7.25. The van der Waals surface area contributed by atoms with Gasteiger partial charge in [0.25, 0.3) is 5.91 Å². The fraction of sp³-hybridized carbons (Fsp3) is 0.548. The van der Waals surface area contributed by atoms with Gasteiger partial charge in [-0.2, -0.15) is 0 Å². The summed E-state index contributed by atoms with van der Waals surface area (Å²) in [6.07, 6.45) is 4.36. The predicted octanol–water partition coefficient (Wildman–Crippen LogP) is 3.23. The van der Waals surface area contributed by atoms with Crippen molar-refractivity contribution in [3.63, 3.8) is 0 Å². The number of carbonyl (C=O) groups is 3. The molecule has 1 heterocycles. The Morgan fingerprint density at radius 2 is 1.86 bits per heavy atom. The SMILES string of the molecule is CCO/N=C1\C=C2NC(=O)/C(C)=C/C=C\[C@H](OC)[C@@H](OC(N)=O)/C(C)=C/[C@H](C)[C@@H](O)[C@@H](OC)C[C@H](C)CC(=C1OC)C2=O. The third-order valence-corrected chi connectivity index (χ3v) is 7.25. The number of hydrogen-bond donors (Lipinski definition) is 3. The predicted molar refractivity (Wildman–Crippen MR) is 161 cm³/mol. The quantitative estimate of drug-likeness (QED) is 0.234. The lowest BCUT2D eigenvalue weighted by Crippen LogP contribution is -2.37. The van der Waals surface area contributed by atoms with Crippen LogP contribution in [0.25, 0.3) is 0 Å². The number of ether oxygens (including phenoxy) is 4. The van der Waals surface area contributed by atoms with Gasteiger partial charge in [0, 0.05) is 31.3 Å². The van der Waals surface area contributed by atoms with E-state index in [1.54, 1.807) is 39.0 Å². The molecule has 0 unspecified atom stereocenters. The number of nitrogens with two attached hydrogens (primary N) is 1. The van der Waals surface area contributed by atoms with E-state index < -0.39 is 48.1 Å². The number of rotatable bonds is 6. The smallest absolute Gasteiger partial charge is 0.405 e. The number of methoxy groups -OCH3 is 3. The summed E-state index contributed by atoms with van der Waals surface area (Å²) < 4.78 is 22.2. The summed E-state index contributed by atoms with van der Waals surface area (Å²) in [6, 6.07) is 0. The van der Waals surface area contributed by atoms with Gasteiger partial charge in [0.05, 0.1) is 25.0 Å². The standard InChI is InChI=1S/C31H45N3O9/c1-9-42-34-23-16-22-27(36)21(29(23)41-8)13-17(2)14-25(40-7)26(35)19(4)15-20(5)28(43-31(32)38)24(39-6)12-10-11-18(3)30(37)33-22/h10-12,15-17,19,24-26,28,35H,9,13-14H2,1-8H3,(H2,32,38)(H,33,37)/b12-10-,18-11+,20-15+,34-23+/t17-,19+,24+,25+,26-,28+/m1/s1. The van der Waals surface area contributed by atoms with Gasteiger partial charge in [-0.3, -0.25) is 9.59 Å². The van der Waals surface area contributed by atoms with Crippen molar-refractivity contribution in [1.82, 2.24) is 5.32 Å². The lowest BCUT2D eigenvalue weighted by molar-refractivity contribution is -0.119. The second-order valence-electron chi connectivity index (χ2n) is 10.6. The lowest BCUT2D eigenvalue weighted by atomic mass is 9.85. The van der Waals surface area contributed by atoms with Crippen molar-refractivity contribution in [2.24, 2.45) is 22.7 Å². The number of fused-ring (bicyclic) bond motifs is 2. The summed E-state index contributed by atoms with van der Waals surface area (Å²) >= 11 is 0. The minimum absolute atomic E-state index is 0.0163. The molecular formula is C31H45N3O9. The number of aliphatic hydroxyl groups is 1. The first-order chi connectivity index (χ1) is 20.4. The van der Waals surface area contributed by atoms with Crippen molar-refractivity contribution in [3.05, 3.63) is 58.6 Å². The van der Waals surface area contributed by atoms with Crippen LogP contribution in [0.4, 0.5) is 4.79 Å². The fourth-order valence-corrected chi connectivity index (χ4v) is 5.00. The van der Waals surface area contributed by atoms with Crippen LogP contribution in [0.2, 0.25) is 0 Å². The van der Waals surface area contributed by atoms with Crippen molar-refractivity contribution < 1.29 is 43.3 Å². The minimum atomic E-state index is -0.990. The summed E-state index contributed by atoms with van der Waals surface area (Å²) in [7, 11) is 4.39. The van der Waals surface area contributed by atoms with Crippen molar-refractivity contribution >= 4 is 23.5 Å². The number of aliphatic hydroxyl groups excluding tert-OH is 1. The highest BCUT2D eigenvalue weighted by molar-refractivity contribution is 6.24. The molecule has 1 aliphatic heterocycles. The van der Waals surface area contributed by atoms with Crippen LogP contribution in [0.1, 0.15) is 47.5 Å². The van der Waals surface area contributed by atoms with Crippen LogP contribution in [-0.2, 0) is 33.4 Å². The Labute approximate surface area is 253 Å². The Kier molecular flexibility index (Phi) is 13.8. The Hall–Kier alpha value is -3.74. The van der Waals surface area contributed by atoms with Gasteiger partial charge in [0.15, 0.2) is 11.9 Å². The van der Waals surface area contributed by atoms with Gasteiger partial charge in [0.2, 0.25) is 5.78 Å². The molecule has 4 N–H and O–H groups in total. The number of primary amides is 1. The zero-order valence-electron chi connectivity index (χ0n) is 26.2. The molecule has 2 amide bonds. The maximum atomic E-state index is 13.7. The van der Waals surface area contributed by atoms with E-state index >= 15 is 0 Å². The molecule has 1 aliphatic carbocycles. The molecule has 0 saturated heterocycles. The van der Waals surface area contributed by atoms with E-state index in [1.165, 1.54) is 33.5 Å². The van der Waals surface area contributed by atoms with E-state index in [9.17, 15) is 19.5 Å². The molecule has 0 aromatic rings. The Morgan fingerprint density at radius 3 is 2.44 bits per heavy atom. The topological polar surface area (TPSA) is 168 Å². The molecule has 0 radical (unpaired) electrons. The van der Waals surface area contributed by atoms with Crippen molar-refractivity contribution in [1.29, 1.82) is 0 Å². The average Bonchev–Trinajstić information content (AvgIpc) is 2.96. The van der Waals surface area contributed by atoms with Crippen LogP contribution >= 0.6 is 0 Å².